The molecule has 0 saturated carbocycles. The molecule has 1 aromatic carbocycles. The van der Waals surface area contributed by atoms with E-state index in [1.807, 2.05) is 6.26 Å². The van der Waals surface area contributed by atoms with Gasteiger partial charge in [-0.15, -0.1) is 0 Å². The number of thioether (sulfide) groups is 1. The summed E-state index contributed by atoms with van der Waals surface area (Å²) in [6.07, 6.45) is 2.04. The van der Waals surface area contributed by atoms with Crippen LogP contribution < -0.4 is 10.9 Å². The van der Waals surface area contributed by atoms with Crippen molar-refractivity contribution in [2.75, 3.05) is 18.6 Å². The van der Waals surface area contributed by atoms with Gasteiger partial charge in [-0.3, -0.25) is 9.59 Å². The fraction of sp³-hybridized carbons (Fsp3) is 0.357. The molecule has 2 N–H and O–H groups in total. The number of rotatable bonds is 5. The molecule has 1 aromatic heterocycles. The van der Waals surface area contributed by atoms with E-state index in [9.17, 15) is 9.59 Å². The molecule has 0 aliphatic carbocycles. The Morgan fingerprint density at radius 2 is 2.10 bits per heavy atom. The molecule has 2 rings (SSSR count). The highest BCUT2D eigenvalue weighted by Gasteiger charge is 2.14. The van der Waals surface area contributed by atoms with E-state index in [4.69, 9.17) is 0 Å². The number of amides is 1. The van der Waals surface area contributed by atoms with Gasteiger partial charge in [0.05, 0.1) is 5.39 Å². The van der Waals surface area contributed by atoms with Gasteiger partial charge in [-0.1, -0.05) is 25.1 Å². The smallest absolute Gasteiger partial charge is 0.272 e. The minimum atomic E-state index is -0.284. The van der Waals surface area contributed by atoms with Crippen molar-refractivity contribution in [1.29, 1.82) is 0 Å². The maximum atomic E-state index is 12.2. The largest absolute Gasteiger partial charge is 0.350 e. The van der Waals surface area contributed by atoms with E-state index in [2.05, 4.69) is 22.4 Å². The number of H-pyrrole nitrogens is 1. The zero-order valence-corrected chi connectivity index (χ0v) is 12.3. The van der Waals surface area contributed by atoms with Gasteiger partial charge in [0.25, 0.3) is 11.5 Å². The Labute approximate surface area is 121 Å². The van der Waals surface area contributed by atoms with Crippen LogP contribution in [0.25, 0.3) is 10.8 Å². The summed E-state index contributed by atoms with van der Waals surface area (Å²) in [4.78, 5) is 23.8. The second kappa shape index (κ2) is 6.56. The number of carbonyl (C=O) groups excluding carboxylic acids is 1. The molecule has 5 nitrogen and oxygen atoms in total. The summed E-state index contributed by atoms with van der Waals surface area (Å²) < 4.78 is 0. The third-order valence-corrected chi connectivity index (χ3v) is 3.88. The van der Waals surface area contributed by atoms with Crippen molar-refractivity contribution >= 4 is 28.4 Å². The van der Waals surface area contributed by atoms with Gasteiger partial charge in [0.1, 0.15) is 0 Å². The van der Waals surface area contributed by atoms with Gasteiger partial charge in [0.2, 0.25) is 0 Å². The molecule has 6 heteroatoms. The number of nitrogens with one attached hydrogen (secondary N) is 2. The summed E-state index contributed by atoms with van der Waals surface area (Å²) in [5.74, 6) is 1.12. The second-order valence-electron chi connectivity index (χ2n) is 4.72. The predicted octanol–water partition coefficient (Wildman–Crippen LogP) is 1.65. The molecule has 2 aromatic rings. The number of benzene rings is 1. The Morgan fingerprint density at radius 3 is 2.80 bits per heavy atom. The first kappa shape index (κ1) is 14.6. The molecule has 0 spiro atoms. The maximum Gasteiger partial charge on any atom is 0.272 e. The van der Waals surface area contributed by atoms with Gasteiger partial charge in [0, 0.05) is 11.9 Å². The molecular formula is C14H17N3O2S. The number of hydrogen-bond donors (Lipinski definition) is 2. The zero-order valence-electron chi connectivity index (χ0n) is 11.5. The number of hydrogen-bond acceptors (Lipinski definition) is 4. The van der Waals surface area contributed by atoms with Crippen LogP contribution in [-0.4, -0.2) is 34.7 Å². The lowest BCUT2D eigenvalue weighted by atomic mass is 10.1. The lowest BCUT2D eigenvalue weighted by Crippen LogP contribution is -2.31. The highest BCUT2D eigenvalue weighted by Crippen LogP contribution is 2.12. The van der Waals surface area contributed by atoms with Crippen molar-refractivity contribution in [2.45, 2.75) is 6.92 Å². The molecule has 0 bridgehead atoms. The van der Waals surface area contributed by atoms with Crippen LogP contribution in [0.4, 0.5) is 0 Å². The minimum Gasteiger partial charge on any atom is -0.350 e. The lowest BCUT2D eigenvalue weighted by Gasteiger charge is -2.11. The maximum absolute atomic E-state index is 12.2. The van der Waals surface area contributed by atoms with Crippen LogP contribution in [0.15, 0.2) is 29.1 Å². The van der Waals surface area contributed by atoms with Gasteiger partial charge in [-0.2, -0.15) is 16.9 Å². The van der Waals surface area contributed by atoms with Crippen molar-refractivity contribution < 1.29 is 4.79 Å². The summed E-state index contributed by atoms with van der Waals surface area (Å²) in [6, 6.07) is 6.97. The Bertz CT molecular complexity index is 669. The molecule has 1 atom stereocenters. The zero-order chi connectivity index (χ0) is 14.5. The molecule has 0 aliphatic rings. The highest BCUT2D eigenvalue weighted by atomic mass is 32.2. The first-order valence-corrected chi connectivity index (χ1v) is 7.77. The first-order valence-electron chi connectivity index (χ1n) is 6.38. The van der Waals surface area contributed by atoms with Crippen molar-refractivity contribution in [3.63, 3.8) is 0 Å². The molecular weight excluding hydrogens is 274 g/mol. The van der Waals surface area contributed by atoms with Gasteiger partial charge < -0.3 is 5.32 Å². The molecule has 1 unspecified atom stereocenters. The van der Waals surface area contributed by atoms with E-state index < -0.39 is 0 Å². The third kappa shape index (κ3) is 3.19. The Morgan fingerprint density at radius 1 is 1.40 bits per heavy atom. The third-order valence-electron chi connectivity index (χ3n) is 2.97. The van der Waals surface area contributed by atoms with Gasteiger partial charge in [-0.05, 0) is 24.0 Å². The average Bonchev–Trinajstić information content (AvgIpc) is 2.46. The predicted molar refractivity (Wildman–Crippen MR) is 82.2 cm³/mol. The van der Waals surface area contributed by atoms with E-state index in [0.29, 0.717) is 23.2 Å². The quantitative estimate of drug-likeness (QED) is 0.878. The van der Waals surface area contributed by atoms with Crippen LogP contribution in [0.2, 0.25) is 0 Å². The van der Waals surface area contributed by atoms with E-state index >= 15 is 0 Å². The number of aromatic nitrogens is 2. The average molecular weight is 291 g/mol. The van der Waals surface area contributed by atoms with Gasteiger partial charge in [-0.25, -0.2) is 5.10 Å². The van der Waals surface area contributed by atoms with Crippen LogP contribution in [-0.2, 0) is 0 Å². The van der Waals surface area contributed by atoms with E-state index in [0.717, 1.165) is 5.75 Å². The van der Waals surface area contributed by atoms with E-state index in [1.54, 1.807) is 36.0 Å². The van der Waals surface area contributed by atoms with Crippen molar-refractivity contribution in [3.8, 4) is 0 Å². The van der Waals surface area contributed by atoms with Crippen molar-refractivity contribution in [1.82, 2.24) is 15.5 Å². The summed E-state index contributed by atoms with van der Waals surface area (Å²) in [7, 11) is 0. The van der Waals surface area contributed by atoms with Crippen LogP contribution in [0.1, 0.15) is 17.4 Å². The summed E-state index contributed by atoms with van der Waals surface area (Å²) in [5.41, 5.74) is -0.0237. The fourth-order valence-corrected chi connectivity index (χ4v) is 2.67. The monoisotopic (exact) mass is 291 g/mol. The molecule has 0 saturated heterocycles. The standard InChI is InChI=1S/C14H17N3O2S/c1-9(8-20-2)7-15-14(19)12-10-5-3-4-6-11(10)13(18)17-16-12/h3-6,9H,7-8H2,1-2H3,(H,15,19)(H,17,18). The summed E-state index contributed by atoms with van der Waals surface area (Å²) >= 11 is 1.75. The highest BCUT2D eigenvalue weighted by molar-refractivity contribution is 7.98. The van der Waals surface area contributed by atoms with Gasteiger partial charge >= 0.3 is 0 Å². The summed E-state index contributed by atoms with van der Waals surface area (Å²) in [6.45, 7) is 2.67. The Kier molecular flexibility index (Phi) is 4.79. The molecule has 0 aliphatic heterocycles. The minimum absolute atomic E-state index is 0.259. The number of aromatic amines is 1. The van der Waals surface area contributed by atoms with Crippen LogP contribution in [0.5, 0.6) is 0 Å². The molecule has 1 amide bonds. The molecule has 1 heterocycles. The van der Waals surface area contributed by atoms with E-state index in [1.165, 1.54) is 0 Å². The van der Waals surface area contributed by atoms with Crippen molar-refractivity contribution in [3.05, 3.63) is 40.3 Å². The Balaban J connectivity index is 2.23. The lowest BCUT2D eigenvalue weighted by molar-refractivity contribution is 0.0945. The first-order chi connectivity index (χ1) is 9.63. The van der Waals surface area contributed by atoms with Crippen molar-refractivity contribution in [2.24, 2.45) is 5.92 Å². The fourth-order valence-electron chi connectivity index (χ4n) is 1.98. The molecule has 106 valence electrons. The van der Waals surface area contributed by atoms with E-state index in [-0.39, 0.29) is 17.2 Å². The van der Waals surface area contributed by atoms with Gasteiger partial charge in [0.15, 0.2) is 5.69 Å². The normalized spacial score (nSPS) is 12.3. The summed E-state index contributed by atoms with van der Waals surface area (Å²) in [5, 5.41) is 10.2. The molecule has 0 fully saturated rings. The SMILES string of the molecule is CSCC(C)CNC(=O)c1n[nH]c(=O)c2ccccc12. The topological polar surface area (TPSA) is 74.8 Å². The molecule has 0 radical (unpaired) electrons. The number of carbonyl (C=O) groups is 1. The molecule has 20 heavy (non-hydrogen) atoms. The van der Waals surface area contributed by atoms with Crippen LogP contribution in [0, 0.1) is 5.92 Å². The second-order valence-corrected chi connectivity index (χ2v) is 5.63. The Hall–Kier alpha value is -1.82. The van der Waals surface area contributed by atoms with Crippen LogP contribution >= 0.6 is 11.8 Å². The number of nitrogens with zero attached hydrogens (tertiary/aromatic N) is 1. The number of fused-ring (bicyclic) bond motifs is 1. The van der Waals surface area contributed by atoms with Crippen LogP contribution in [0.3, 0.4) is 0 Å².